The van der Waals surface area contributed by atoms with E-state index < -0.39 is 0 Å². The Bertz CT molecular complexity index is 619. The Balaban J connectivity index is 0.00000288. The van der Waals surface area contributed by atoms with Crippen LogP contribution in [0, 0.1) is 0 Å². The maximum absolute atomic E-state index is 5.26. The number of aromatic nitrogens is 1. The zero-order chi connectivity index (χ0) is 16.5. The molecule has 0 fully saturated rings. The molecule has 2 N–H and O–H groups in total. The summed E-state index contributed by atoms with van der Waals surface area (Å²) in [6, 6.07) is 8.13. The molecule has 2 aromatic heterocycles. The Kier molecular flexibility index (Phi) is 9.70. The summed E-state index contributed by atoms with van der Waals surface area (Å²) in [5.41, 5.74) is 0.971. The minimum atomic E-state index is 0. The highest BCUT2D eigenvalue weighted by Gasteiger charge is 2.08. The molecule has 0 bridgehead atoms. The largest absolute Gasteiger partial charge is 0.481 e. The second-order valence-electron chi connectivity index (χ2n) is 5.16. The summed E-state index contributed by atoms with van der Waals surface area (Å²) in [7, 11) is 1.63. The second kappa shape index (κ2) is 11.2. The van der Waals surface area contributed by atoms with Gasteiger partial charge in [0.15, 0.2) is 5.96 Å². The summed E-state index contributed by atoms with van der Waals surface area (Å²) >= 11 is 1.79. The number of aliphatic imine (C=N–C) groups is 1. The van der Waals surface area contributed by atoms with Crippen molar-refractivity contribution in [1.29, 1.82) is 0 Å². The molecule has 0 aliphatic rings. The predicted molar refractivity (Wildman–Crippen MR) is 112 cm³/mol. The minimum Gasteiger partial charge on any atom is -0.481 e. The van der Waals surface area contributed by atoms with Gasteiger partial charge >= 0.3 is 0 Å². The molecule has 0 aliphatic carbocycles. The highest BCUT2D eigenvalue weighted by Crippen LogP contribution is 2.19. The normalized spacial score (nSPS) is 12.2. The lowest BCUT2D eigenvalue weighted by atomic mass is 10.1. The van der Waals surface area contributed by atoms with E-state index in [-0.39, 0.29) is 24.0 Å². The molecule has 2 rings (SSSR count). The lowest BCUT2D eigenvalue weighted by molar-refractivity contribution is 0.392. The van der Waals surface area contributed by atoms with E-state index in [1.54, 1.807) is 24.6 Å². The number of hydrogen-bond donors (Lipinski definition) is 2. The summed E-state index contributed by atoms with van der Waals surface area (Å²) in [5, 5.41) is 8.78. The SMILES string of the molecule is CCNC(=NCc1cccnc1OC)NCC(C)c1cccs1.I. The van der Waals surface area contributed by atoms with Crippen LogP contribution in [0.25, 0.3) is 0 Å². The van der Waals surface area contributed by atoms with E-state index in [9.17, 15) is 0 Å². The summed E-state index contributed by atoms with van der Waals surface area (Å²) in [6.07, 6.45) is 1.72. The first kappa shape index (κ1) is 20.7. The Labute approximate surface area is 165 Å². The van der Waals surface area contributed by atoms with Crippen LogP contribution < -0.4 is 15.4 Å². The van der Waals surface area contributed by atoms with Gasteiger partial charge < -0.3 is 15.4 Å². The van der Waals surface area contributed by atoms with Crippen molar-refractivity contribution in [3.05, 3.63) is 46.3 Å². The second-order valence-corrected chi connectivity index (χ2v) is 6.14. The van der Waals surface area contributed by atoms with E-state index in [0.29, 0.717) is 18.3 Å². The van der Waals surface area contributed by atoms with Gasteiger partial charge in [-0.15, -0.1) is 35.3 Å². The molecule has 0 spiro atoms. The average Bonchev–Trinajstić information content (AvgIpc) is 3.12. The Morgan fingerprint density at radius 1 is 1.33 bits per heavy atom. The fourth-order valence-corrected chi connectivity index (χ4v) is 2.94. The maximum Gasteiger partial charge on any atom is 0.218 e. The van der Waals surface area contributed by atoms with Gasteiger partial charge in [0.25, 0.3) is 0 Å². The molecule has 1 atom stereocenters. The van der Waals surface area contributed by atoms with Gasteiger partial charge in [0.2, 0.25) is 5.88 Å². The molecule has 0 radical (unpaired) electrons. The molecule has 0 amide bonds. The first-order valence-electron chi connectivity index (χ1n) is 7.78. The van der Waals surface area contributed by atoms with Crippen LogP contribution in [0.3, 0.4) is 0 Å². The third-order valence-electron chi connectivity index (χ3n) is 3.40. The molecular formula is C17H25IN4OS. The monoisotopic (exact) mass is 460 g/mol. The first-order chi connectivity index (χ1) is 11.2. The van der Waals surface area contributed by atoms with Crippen LogP contribution in [-0.4, -0.2) is 31.1 Å². The van der Waals surface area contributed by atoms with Crippen molar-refractivity contribution in [3.63, 3.8) is 0 Å². The number of nitrogens with zero attached hydrogens (tertiary/aromatic N) is 2. The maximum atomic E-state index is 5.26. The standard InChI is InChI=1S/C17H24N4OS.HI/c1-4-18-17(20-11-13(2)15-8-6-10-23-15)21-12-14-7-5-9-19-16(14)22-3;/h5-10,13H,4,11-12H2,1-3H3,(H2,18,20,21);1H. The van der Waals surface area contributed by atoms with Gasteiger partial charge in [-0.3, -0.25) is 0 Å². The van der Waals surface area contributed by atoms with Crippen molar-refractivity contribution >= 4 is 41.3 Å². The zero-order valence-electron chi connectivity index (χ0n) is 14.3. The molecule has 132 valence electrons. The van der Waals surface area contributed by atoms with E-state index in [1.807, 2.05) is 12.1 Å². The van der Waals surface area contributed by atoms with E-state index in [2.05, 4.69) is 52.0 Å². The Morgan fingerprint density at radius 2 is 2.17 bits per heavy atom. The van der Waals surface area contributed by atoms with E-state index in [0.717, 1.165) is 24.6 Å². The number of nitrogens with one attached hydrogen (secondary N) is 2. The quantitative estimate of drug-likeness (QED) is 0.377. The van der Waals surface area contributed by atoms with Crippen LogP contribution in [-0.2, 0) is 6.54 Å². The third-order valence-corrected chi connectivity index (χ3v) is 4.50. The van der Waals surface area contributed by atoms with E-state index in [4.69, 9.17) is 4.74 Å². The van der Waals surface area contributed by atoms with Crippen LogP contribution >= 0.6 is 35.3 Å². The topological polar surface area (TPSA) is 58.5 Å². The molecule has 0 aromatic carbocycles. The summed E-state index contributed by atoms with van der Waals surface area (Å²) < 4.78 is 5.26. The number of halogens is 1. The summed E-state index contributed by atoms with van der Waals surface area (Å²) in [4.78, 5) is 10.2. The van der Waals surface area contributed by atoms with Crippen molar-refractivity contribution < 1.29 is 4.74 Å². The van der Waals surface area contributed by atoms with Gasteiger partial charge in [0.1, 0.15) is 0 Å². The number of guanidine groups is 1. The number of rotatable bonds is 7. The molecule has 0 aliphatic heterocycles. The van der Waals surface area contributed by atoms with Crippen LogP contribution in [0.15, 0.2) is 40.8 Å². The molecule has 0 saturated carbocycles. The summed E-state index contributed by atoms with van der Waals surface area (Å²) in [6.45, 7) is 6.47. The van der Waals surface area contributed by atoms with Crippen LogP contribution in [0.4, 0.5) is 0 Å². The molecule has 1 unspecified atom stereocenters. The van der Waals surface area contributed by atoms with Gasteiger partial charge in [-0.05, 0) is 24.4 Å². The van der Waals surface area contributed by atoms with Crippen molar-refractivity contribution in [2.24, 2.45) is 4.99 Å². The number of pyridine rings is 1. The zero-order valence-corrected chi connectivity index (χ0v) is 17.4. The number of methoxy groups -OCH3 is 1. The Morgan fingerprint density at radius 3 is 2.83 bits per heavy atom. The molecule has 5 nitrogen and oxygen atoms in total. The van der Waals surface area contributed by atoms with Gasteiger partial charge in [0.05, 0.1) is 13.7 Å². The number of ether oxygens (including phenoxy) is 1. The fourth-order valence-electron chi connectivity index (χ4n) is 2.16. The average molecular weight is 460 g/mol. The number of thiophene rings is 1. The van der Waals surface area contributed by atoms with Gasteiger partial charge in [-0.1, -0.05) is 19.1 Å². The molecule has 2 aromatic rings. The first-order valence-corrected chi connectivity index (χ1v) is 8.66. The van der Waals surface area contributed by atoms with Gasteiger partial charge in [0, 0.05) is 35.6 Å². The lowest BCUT2D eigenvalue weighted by Gasteiger charge is -2.15. The van der Waals surface area contributed by atoms with Crippen LogP contribution in [0.1, 0.15) is 30.2 Å². The van der Waals surface area contributed by atoms with Gasteiger partial charge in [-0.25, -0.2) is 9.98 Å². The van der Waals surface area contributed by atoms with Crippen molar-refractivity contribution in [1.82, 2.24) is 15.6 Å². The molecule has 7 heteroatoms. The Hall–Kier alpha value is -1.35. The number of hydrogen-bond acceptors (Lipinski definition) is 4. The predicted octanol–water partition coefficient (Wildman–Crippen LogP) is 3.63. The fraction of sp³-hybridized carbons (Fsp3) is 0.412. The van der Waals surface area contributed by atoms with Gasteiger partial charge in [-0.2, -0.15) is 0 Å². The van der Waals surface area contributed by atoms with Crippen LogP contribution in [0.2, 0.25) is 0 Å². The molecular weight excluding hydrogens is 435 g/mol. The molecule has 0 saturated heterocycles. The third kappa shape index (κ3) is 6.27. The highest BCUT2D eigenvalue weighted by atomic mass is 127. The van der Waals surface area contributed by atoms with Crippen molar-refractivity contribution in [2.75, 3.05) is 20.2 Å². The van der Waals surface area contributed by atoms with Crippen LogP contribution in [0.5, 0.6) is 5.88 Å². The highest BCUT2D eigenvalue weighted by molar-refractivity contribution is 14.0. The van der Waals surface area contributed by atoms with E-state index in [1.165, 1.54) is 4.88 Å². The minimum absolute atomic E-state index is 0. The lowest BCUT2D eigenvalue weighted by Crippen LogP contribution is -2.39. The van der Waals surface area contributed by atoms with E-state index >= 15 is 0 Å². The molecule has 24 heavy (non-hydrogen) atoms. The van der Waals surface area contributed by atoms with Crippen molar-refractivity contribution in [2.45, 2.75) is 26.3 Å². The molecule has 2 heterocycles. The van der Waals surface area contributed by atoms with Crippen molar-refractivity contribution in [3.8, 4) is 5.88 Å². The smallest absolute Gasteiger partial charge is 0.218 e. The summed E-state index contributed by atoms with van der Waals surface area (Å²) in [5.74, 6) is 1.88.